The van der Waals surface area contributed by atoms with Crippen LogP contribution >= 0.6 is 0 Å². The number of hydrogen-bond acceptors (Lipinski definition) is 5. The van der Waals surface area contributed by atoms with Gasteiger partial charge in [0.15, 0.2) is 0 Å². The Balaban J connectivity index is 1.53. The van der Waals surface area contributed by atoms with Crippen LogP contribution in [-0.2, 0) is 31.3 Å². The fourth-order valence-electron chi connectivity index (χ4n) is 3.80. The van der Waals surface area contributed by atoms with E-state index in [1.807, 2.05) is 32.0 Å². The third-order valence-electron chi connectivity index (χ3n) is 5.65. The van der Waals surface area contributed by atoms with Gasteiger partial charge in [0.05, 0.1) is 15.5 Å². The molecule has 0 aliphatic carbocycles. The van der Waals surface area contributed by atoms with E-state index < -0.39 is 20.0 Å². The van der Waals surface area contributed by atoms with Gasteiger partial charge in [-0.15, -0.1) is 0 Å². The highest BCUT2D eigenvalue weighted by atomic mass is 32.2. The van der Waals surface area contributed by atoms with E-state index in [1.165, 1.54) is 30.3 Å². The normalized spacial score (nSPS) is 14.0. The highest BCUT2D eigenvalue weighted by molar-refractivity contribution is 7.93. The van der Waals surface area contributed by atoms with Crippen LogP contribution in [0.25, 0.3) is 0 Å². The van der Waals surface area contributed by atoms with E-state index in [0.29, 0.717) is 30.6 Å². The van der Waals surface area contributed by atoms with Crippen molar-refractivity contribution in [2.45, 2.75) is 42.9 Å². The number of para-hydroxylation sites is 1. The lowest BCUT2D eigenvalue weighted by molar-refractivity contribution is -0.116. The zero-order valence-electron chi connectivity index (χ0n) is 18.8. The molecule has 3 aromatic carbocycles. The number of fused-ring (bicyclic) bond motifs is 1. The second kappa shape index (κ2) is 9.11. The molecule has 0 fully saturated rings. The lowest BCUT2D eigenvalue weighted by atomic mass is 10.1. The van der Waals surface area contributed by atoms with Crippen LogP contribution in [0, 0.1) is 13.8 Å². The average molecular weight is 500 g/mol. The molecule has 0 spiro atoms. The number of nitrogens with one attached hydrogen (secondary N) is 3. The molecule has 0 bridgehead atoms. The maximum absolute atomic E-state index is 12.9. The predicted octanol–water partition coefficient (Wildman–Crippen LogP) is 4.18. The molecule has 10 heteroatoms. The standard InChI is InChI=1S/C24H25N3O5S2/c1-16-5-3-6-17(2)24(16)27-33(29,30)20-11-9-19(10-12-20)26-34(31,32)21-13-14-22-18(15-21)7-4-8-23(28)25-22/h3,5-6,9-15,26-27H,4,7-8H2,1-2H3,(H,25,28). The maximum atomic E-state index is 12.9. The first-order valence-electron chi connectivity index (χ1n) is 10.7. The monoisotopic (exact) mass is 499 g/mol. The van der Waals surface area contributed by atoms with E-state index in [9.17, 15) is 21.6 Å². The van der Waals surface area contributed by atoms with Crippen LogP contribution in [0.2, 0.25) is 0 Å². The summed E-state index contributed by atoms with van der Waals surface area (Å²) in [5.74, 6) is -0.0883. The molecule has 0 unspecified atom stereocenters. The van der Waals surface area contributed by atoms with Crippen molar-refractivity contribution in [1.82, 2.24) is 0 Å². The largest absolute Gasteiger partial charge is 0.326 e. The van der Waals surface area contributed by atoms with Crippen LogP contribution in [0.1, 0.15) is 29.5 Å². The van der Waals surface area contributed by atoms with Crippen molar-refractivity contribution in [3.05, 3.63) is 77.4 Å². The molecule has 4 rings (SSSR count). The summed E-state index contributed by atoms with van der Waals surface area (Å²) in [6, 6.07) is 15.6. The molecule has 0 saturated carbocycles. The average Bonchev–Trinajstić information content (AvgIpc) is 2.96. The van der Waals surface area contributed by atoms with E-state index in [-0.39, 0.29) is 21.4 Å². The summed E-state index contributed by atoms with van der Waals surface area (Å²) in [6.45, 7) is 3.64. The zero-order chi connectivity index (χ0) is 24.5. The molecule has 178 valence electrons. The number of hydrogen-bond donors (Lipinski definition) is 3. The third kappa shape index (κ3) is 5.07. The molecule has 0 radical (unpaired) electrons. The Morgan fingerprint density at radius 1 is 0.765 bits per heavy atom. The van der Waals surface area contributed by atoms with Gasteiger partial charge in [0.2, 0.25) is 5.91 Å². The second-order valence-corrected chi connectivity index (χ2v) is 11.6. The van der Waals surface area contributed by atoms with E-state index in [1.54, 1.807) is 12.1 Å². The Kier molecular flexibility index (Phi) is 6.37. The first kappa shape index (κ1) is 23.8. The van der Waals surface area contributed by atoms with E-state index in [0.717, 1.165) is 16.7 Å². The highest BCUT2D eigenvalue weighted by Gasteiger charge is 2.20. The van der Waals surface area contributed by atoms with Crippen molar-refractivity contribution in [3.63, 3.8) is 0 Å². The van der Waals surface area contributed by atoms with Crippen molar-refractivity contribution in [2.24, 2.45) is 0 Å². The number of amides is 1. The van der Waals surface area contributed by atoms with E-state index in [4.69, 9.17) is 0 Å². The fraction of sp³-hybridized carbons (Fsp3) is 0.208. The van der Waals surface area contributed by atoms with Gasteiger partial charge in [-0.05, 0) is 85.8 Å². The quantitative estimate of drug-likeness (QED) is 0.470. The summed E-state index contributed by atoms with van der Waals surface area (Å²) in [7, 11) is -7.76. The van der Waals surface area contributed by atoms with Crippen molar-refractivity contribution < 1.29 is 21.6 Å². The van der Waals surface area contributed by atoms with Gasteiger partial charge >= 0.3 is 0 Å². The fourth-order valence-corrected chi connectivity index (χ4v) is 6.11. The van der Waals surface area contributed by atoms with Gasteiger partial charge in [-0.1, -0.05) is 18.2 Å². The Bertz CT molecular complexity index is 1440. The molecule has 1 heterocycles. The molecule has 0 aromatic heterocycles. The number of rotatable bonds is 6. The maximum Gasteiger partial charge on any atom is 0.261 e. The Labute approximate surface area is 199 Å². The van der Waals surface area contributed by atoms with Crippen molar-refractivity contribution in [3.8, 4) is 0 Å². The van der Waals surface area contributed by atoms with E-state index >= 15 is 0 Å². The Morgan fingerprint density at radius 2 is 1.38 bits per heavy atom. The summed E-state index contributed by atoms with van der Waals surface area (Å²) in [5.41, 5.74) is 3.72. The number of sulfonamides is 2. The van der Waals surface area contributed by atoms with Gasteiger partial charge in [0.1, 0.15) is 0 Å². The van der Waals surface area contributed by atoms with Crippen molar-refractivity contribution in [2.75, 3.05) is 14.8 Å². The van der Waals surface area contributed by atoms with Crippen LogP contribution in [-0.4, -0.2) is 22.7 Å². The number of benzene rings is 3. The van der Waals surface area contributed by atoms with Crippen LogP contribution < -0.4 is 14.8 Å². The van der Waals surface area contributed by atoms with Crippen LogP contribution in [0.3, 0.4) is 0 Å². The van der Waals surface area contributed by atoms with Crippen molar-refractivity contribution in [1.29, 1.82) is 0 Å². The summed E-state index contributed by atoms with van der Waals surface area (Å²) in [5, 5.41) is 2.78. The molecule has 1 aliphatic rings. The first-order valence-corrected chi connectivity index (χ1v) is 13.7. The van der Waals surface area contributed by atoms with E-state index in [2.05, 4.69) is 14.8 Å². The minimum absolute atomic E-state index is 0.0128. The molecule has 3 aromatic rings. The number of aryl methyl sites for hydroxylation is 3. The Morgan fingerprint density at radius 3 is 2.06 bits per heavy atom. The smallest absolute Gasteiger partial charge is 0.261 e. The minimum Gasteiger partial charge on any atom is -0.326 e. The van der Waals surface area contributed by atoms with Gasteiger partial charge in [-0.2, -0.15) is 0 Å². The minimum atomic E-state index is -3.91. The molecular formula is C24H25N3O5S2. The number of carbonyl (C=O) groups excluding carboxylic acids is 1. The summed E-state index contributed by atoms with van der Waals surface area (Å²) in [4.78, 5) is 11.8. The molecule has 3 N–H and O–H groups in total. The molecule has 1 aliphatic heterocycles. The highest BCUT2D eigenvalue weighted by Crippen LogP contribution is 2.27. The summed E-state index contributed by atoms with van der Waals surface area (Å²) in [6.07, 6.45) is 1.63. The molecule has 0 atom stereocenters. The zero-order valence-corrected chi connectivity index (χ0v) is 20.4. The van der Waals surface area contributed by atoms with Crippen LogP contribution in [0.15, 0.2) is 70.5 Å². The molecule has 34 heavy (non-hydrogen) atoms. The molecule has 1 amide bonds. The Hall–Kier alpha value is -3.37. The molecule has 8 nitrogen and oxygen atoms in total. The number of anilines is 3. The molecule has 0 saturated heterocycles. The predicted molar refractivity (Wildman–Crippen MR) is 132 cm³/mol. The van der Waals surface area contributed by atoms with Crippen LogP contribution in [0.4, 0.5) is 17.1 Å². The summed E-state index contributed by atoms with van der Waals surface area (Å²) < 4.78 is 56.6. The SMILES string of the molecule is Cc1cccc(C)c1NS(=O)(=O)c1ccc(NS(=O)(=O)c2ccc3c(c2)CCCC(=O)N3)cc1. The number of carbonyl (C=O) groups is 1. The molecular weight excluding hydrogens is 474 g/mol. The van der Waals surface area contributed by atoms with Crippen LogP contribution in [0.5, 0.6) is 0 Å². The first-order chi connectivity index (χ1) is 16.0. The summed E-state index contributed by atoms with van der Waals surface area (Å²) >= 11 is 0. The lowest BCUT2D eigenvalue weighted by Gasteiger charge is -2.14. The van der Waals surface area contributed by atoms with Crippen molar-refractivity contribution >= 4 is 43.0 Å². The van der Waals surface area contributed by atoms with Gasteiger partial charge in [0, 0.05) is 17.8 Å². The van der Waals surface area contributed by atoms with Gasteiger partial charge in [0.25, 0.3) is 20.0 Å². The topological polar surface area (TPSA) is 121 Å². The van der Waals surface area contributed by atoms with Gasteiger partial charge in [-0.3, -0.25) is 14.2 Å². The van der Waals surface area contributed by atoms with Gasteiger partial charge in [-0.25, -0.2) is 16.8 Å². The van der Waals surface area contributed by atoms with Gasteiger partial charge < -0.3 is 5.32 Å². The second-order valence-electron chi connectivity index (χ2n) is 8.22. The lowest BCUT2D eigenvalue weighted by Crippen LogP contribution is -2.16. The third-order valence-corrected chi connectivity index (χ3v) is 8.39.